The molecule has 8 heavy (non-hydrogen) atoms. The van der Waals surface area contributed by atoms with E-state index >= 15 is 0 Å². The highest BCUT2D eigenvalue weighted by Gasteiger charge is 2.33. The van der Waals surface area contributed by atoms with E-state index in [1.54, 1.807) is 0 Å². The maximum atomic E-state index is 8.81. The molecule has 1 saturated carbocycles. The maximum Gasteiger partial charge on any atom is 0.0573 e. The fourth-order valence-electron chi connectivity index (χ4n) is 0.881. The lowest BCUT2D eigenvalue weighted by Gasteiger charge is -1.89. The molecule has 1 nitrogen and oxygen atoms in total. The molecule has 1 aliphatic rings. The first-order valence-electron chi connectivity index (χ1n) is 3.08. The Bertz CT molecular complexity index is 74.9. The van der Waals surface area contributed by atoms with Crippen molar-refractivity contribution < 1.29 is 5.11 Å². The van der Waals surface area contributed by atoms with Gasteiger partial charge in [0, 0.05) is 5.88 Å². The van der Waals surface area contributed by atoms with Gasteiger partial charge in [-0.15, -0.1) is 11.6 Å². The van der Waals surface area contributed by atoms with Crippen LogP contribution in [-0.4, -0.2) is 17.1 Å². The second-order valence-electron chi connectivity index (χ2n) is 2.39. The zero-order chi connectivity index (χ0) is 5.98. The third kappa shape index (κ3) is 1.64. The number of hydrogen-bond acceptors (Lipinski definition) is 1. The van der Waals surface area contributed by atoms with E-state index < -0.39 is 0 Å². The molecule has 0 bridgehead atoms. The summed E-state index contributed by atoms with van der Waals surface area (Å²) < 4.78 is 0. The molecular weight excluding hydrogens is 124 g/mol. The molecule has 0 aliphatic heterocycles. The van der Waals surface area contributed by atoms with Crippen molar-refractivity contribution in [3.63, 3.8) is 0 Å². The summed E-state index contributed by atoms with van der Waals surface area (Å²) in [7, 11) is 0. The number of alkyl halides is 1. The van der Waals surface area contributed by atoms with E-state index in [0.717, 1.165) is 25.1 Å². The molecule has 0 heterocycles. The molecule has 0 radical (unpaired) electrons. The Morgan fingerprint density at radius 2 is 2.25 bits per heavy atom. The highest BCUT2D eigenvalue weighted by Crippen LogP contribution is 2.34. The van der Waals surface area contributed by atoms with Gasteiger partial charge in [-0.2, -0.15) is 0 Å². The van der Waals surface area contributed by atoms with E-state index in [1.807, 2.05) is 0 Å². The highest BCUT2D eigenvalue weighted by molar-refractivity contribution is 6.17. The summed E-state index contributed by atoms with van der Waals surface area (Å²) in [5.74, 6) is 1.33. The molecule has 0 aromatic rings. The first-order valence-corrected chi connectivity index (χ1v) is 3.62. The van der Waals surface area contributed by atoms with Crippen molar-refractivity contribution in [2.24, 2.45) is 5.92 Å². The quantitative estimate of drug-likeness (QED) is 0.579. The first kappa shape index (κ1) is 6.37. The van der Waals surface area contributed by atoms with E-state index in [9.17, 15) is 0 Å². The van der Waals surface area contributed by atoms with Gasteiger partial charge in [-0.3, -0.25) is 0 Å². The molecule has 2 atom stereocenters. The van der Waals surface area contributed by atoms with Crippen molar-refractivity contribution in [2.45, 2.75) is 25.4 Å². The molecule has 1 N–H and O–H groups in total. The molecule has 1 rings (SSSR count). The SMILES string of the molecule is O[C@@H]1C[C@H]1CCCCl. The average Bonchev–Trinajstić information content (AvgIpc) is 2.42. The van der Waals surface area contributed by atoms with Crippen LogP contribution in [0.1, 0.15) is 19.3 Å². The minimum Gasteiger partial charge on any atom is -0.393 e. The smallest absolute Gasteiger partial charge is 0.0573 e. The average molecular weight is 135 g/mol. The van der Waals surface area contributed by atoms with Crippen LogP contribution in [-0.2, 0) is 0 Å². The summed E-state index contributed by atoms with van der Waals surface area (Å²) in [4.78, 5) is 0. The molecule has 0 amide bonds. The topological polar surface area (TPSA) is 20.2 Å². The van der Waals surface area contributed by atoms with Gasteiger partial charge in [-0.1, -0.05) is 0 Å². The van der Waals surface area contributed by atoms with Crippen molar-refractivity contribution in [3.8, 4) is 0 Å². The second-order valence-corrected chi connectivity index (χ2v) is 2.77. The Morgan fingerprint density at radius 1 is 1.62 bits per heavy atom. The predicted octanol–water partition coefficient (Wildman–Crippen LogP) is 1.39. The Balaban J connectivity index is 1.89. The zero-order valence-electron chi connectivity index (χ0n) is 4.81. The number of hydrogen-bond donors (Lipinski definition) is 1. The molecule has 0 aromatic heterocycles. The normalized spacial score (nSPS) is 35.2. The van der Waals surface area contributed by atoms with Crippen molar-refractivity contribution in [1.29, 1.82) is 0 Å². The Morgan fingerprint density at radius 3 is 2.62 bits per heavy atom. The van der Waals surface area contributed by atoms with Gasteiger partial charge < -0.3 is 5.11 Å². The molecule has 0 aromatic carbocycles. The molecule has 48 valence electrons. The van der Waals surface area contributed by atoms with Crippen LogP contribution >= 0.6 is 11.6 Å². The van der Waals surface area contributed by atoms with E-state index in [1.165, 1.54) is 0 Å². The van der Waals surface area contributed by atoms with Crippen LogP contribution in [0.4, 0.5) is 0 Å². The predicted molar refractivity (Wildman–Crippen MR) is 34.1 cm³/mol. The van der Waals surface area contributed by atoms with E-state index in [4.69, 9.17) is 16.7 Å². The first-order chi connectivity index (χ1) is 3.84. The lowest BCUT2D eigenvalue weighted by Crippen LogP contribution is -1.85. The molecule has 1 fully saturated rings. The molecule has 1 aliphatic carbocycles. The van der Waals surface area contributed by atoms with Crippen LogP contribution in [0.25, 0.3) is 0 Å². The van der Waals surface area contributed by atoms with Crippen LogP contribution in [0.5, 0.6) is 0 Å². The van der Waals surface area contributed by atoms with Gasteiger partial charge in [0.25, 0.3) is 0 Å². The van der Waals surface area contributed by atoms with Gasteiger partial charge in [0.2, 0.25) is 0 Å². The second kappa shape index (κ2) is 2.70. The minimum atomic E-state index is 0.0122. The van der Waals surface area contributed by atoms with Gasteiger partial charge in [-0.25, -0.2) is 0 Å². The number of aliphatic hydroxyl groups is 1. The van der Waals surface area contributed by atoms with Crippen LogP contribution in [0.15, 0.2) is 0 Å². The van der Waals surface area contributed by atoms with Crippen molar-refractivity contribution >= 4 is 11.6 Å². The number of halogens is 1. The Hall–Kier alpha value is 0.250. The number of rotatable bonds is 3. The highest BCUT2D eigenvalue weighted by atomic mass is 35.5. The molecule has 2 heteroatoms. The van der Waals surface area contributed by atoms with Crippen LogP contribution in [0.3, 0.4) is 0 Å². The van der Waals surface area contributed by atoms with Crippen LogP contribution in [0.2, 0.25) is 0 Å². The fourth-order valence-corrected chi connectivity index (χ4v) is 1.04. The molecule has 0 spiro atoms. The lowest BCUT2D eigenvalue weighted by atomic mass is 10.2. The van der Waals surface area contributed by atoms with Crippen molar-refractivity contribution in [1.82, 2.24) is 0 Å². The minimum absolute atomic E-state index is 0.0122. The molecular formula is C6H11ClO. The van der Waals surface area contributed by atoms with Gasteiger partial charge in [0.1, 0.15) is 0 Å². The van der Waals surface area contributed by atoms with Gasteiger partial charge in [0.05, 0.1) is 6.10 Å². The third-order valence-electron chi connectivity index (χ3n) is 1.59. The Kier molecular flexibility index (Phi) is 2.15. The summed E-state index contributed by atoms with van der Waals surface area (Å²) >= 11 is 5.44. The van der Waals surface area contributed by atoms with E-state index in [2.05, 4.69) is 0 Å². The molecule has 0 saturated heterocycles. The van der Waals surface area contributed by atoms with Crippen molar-refractivity contribution in [3.05, 3.63) is 0 Å². The largest absolute Gasteiger partial charge is 0.393 e. The van der Waals surface area contributed by atoms with Gasteiger partial charge in [-0.05, 0) is 25.2 Å². The fraction of sp³-hybridized carbons (Fsp3) is 1.00. The zero-order valence-corrected chi connectivity index (χ0v) is 5.56. The monoisotopic (exact) mass is 134 g/mol. The van der Waals surface area contributed by atoms with E-state index in [-0.39, 0.29) is 6.10 Å². The number of aliphatic hydroxyl groups excluding tert-OH is 1. The summed E-state index contributed by atoms with van der Waals surface area (Å²) in [6.07, 6.45) is 3.20. The van der Waals surface area contributed by atoms with Gasteiger partial charge in [0.15, 0.2) is 0 Å². The third-order valence-corrected chi connectivity index (χ3v) is 1.86. The summed E-state index contributed by atoms with van der Waals surface area (Å²) in [5, 5.41) is 8.81. The standard InChI is InChI=1S/C6H11ClO/c7-3-1-2-5-4-6(5)8/h5-6,8H,1-4H2/t5-,6-/m1/s1. The van der Waals surface area contributed by atoms with Crippen molar-refractivity contribution in [2.75, 3.05) is 5.88 Å². The summed E-state index contributed by atoms with van der Waals surface area (Å²) in [6.45, 7) is 0. The van der Waals surface area contributed by atoms with Crippen LogP contribution < -0.4 is 0 Å². The van der Waals surface area contributed by atoms with E-state index in [0.29, 0.717) is 5.92 Å². The van der Waals surface area contributed by atoms with Crippen LogP contribution in [0, 0.1) is 5.92 Å². The van der Waals surface area contributed by atoms with Gasteiger partial charge >= 0.3 is 0 Å². The molecule has 0 unspecified atom stereocenters. The lowest BCUT2D eigenvalue weighted by molar-refractivity contribution is 0.256. The summed E-state index contributed by atoms with van der Waals surface area (Å²) in [5.41, 5.74) is 0. The summed E-state index contributed by atoms with van der Waals surface area (Å²) in [6, 6.07) is 0. The Labute approximate surface area is 54.7 Å². The maximum absolute atomic E-state index is 8.81.